The number of halogens is 2. The first-order valence-electron chi connectivity index (χ1n) is 5.76. The molecule has 0 radical (unpaired) electrons. The van der Waals surface area contributed by atoms with Gasteiger partial charge in [0.15, 0.2) is 0 Å². The summed E-state index contributed by atoms with van der Waals surface area (Å²) in [6.45, 7) is 6.94. The van der Waals surface area contributed by atoms with Gasteiger partial charge in [0, 0.05) is 6.54 Å². The lowest BCUT2D eigenvalue weighted by atomic mass is 10.1. The van der Waals surface area contributed by atoms with E-state index in [9.17, 15) is 8.78 Å². The second-order valence-corrected chi connectivity index (χ2v) is 4.04. The predicted molar refractivity (Wildman–Crippen MR) is 64.8 cm³/mol. The quantitative estimate of drug-likeness (QED) is 0.829. The number of aryl methyl sites for hydroxylation is 2. The Morgan fingerprint density at radius 2 is 1.82 bits per heavy atom. The number of alkyl halides is 2. The van der Waals surface area contributed by atoms with Crippen LogP contribution in [0.2, 0.25) is 0 Å². The molecule has 1 aromatic rings. The van der Waals surface area contributed by atoms with Crippen LogP contribution in [0.4, 0.5) is 8.78 Å². The van der Waals surface area contributed by atoms with Crippen LogP contribution in [0.1, 0.15) is 23.6 Å². The molecule has 17 heavy (non-hydrogen) atoms. The zero-order valence-corrected chi connectivity index (χ0v) is 10.5. The maximum Gasteiger partial charge on any atom is 0.272 e. The summed E-state index contributed by atoms with van der Waals surface area (Å²) in [6, 6.07) is 3.94. The van der Waals surface area contributed by atoms with Crippen LogP contribution in [0.25, 0.3) is 0 Å². The highest BCUT2D eigenvalue weighted by molar-refractivity contribution is 5.43. The summed E-state index contributed by atoms with van der Waals surface area (Å²) in [5.74, 6) is 0.575. The molecule has 0 unspecified atom stereocenters. The van der Waals surface area contributed by atoms with Gasteiger partial charge in [-0.15, -0.1) is 0 Å². The van der Waals surface area contributed by atoms with Gasteiger partial charge in [-0.2, -0.15) is 0 Å². The zero-order valence-electron chi connectivity index (χ0n) is 10.5. The van der Waals surface area contributed by atoms with Gasteiger partial charge in [-0.05, 0) is 37.1 Å². The molecule has 1 aromatic carbocycles. The third kappa shape index (κ3) is 4.30. The first kappa shape index (κ1) is 13.9. The molecular formula is C13H19F2NO. The second-order valence-electron chi connectivity index (χ2n) is 4.04. The maximum absolute atomic E-state index is 12.1. The SMILES string of the molecule is CCNCc1cc(C)c(OCC(F)F)c(C)c1. The third-order valence-corrected chi connectivity index (χ3v) is 2.45. The van der Waals surface area contributed by atoms with Gasteiger partial charge in [-0.25, -0.2) is 8.78 Å². The summed E-state index contributed by atoms with van der Waals surface area (Å²) < 4.78 is 29.3. The van der Waals surface area contributed by atoms with E-state index in [1.165, 1.54) is 0 Å². The fourth-order valence-corrected chi connectivity index (χ4v) is 1.79. The fraction of sp³-hybridized carbons (Fsp3) is 0.538. The first-order chi connectivity index (χ1) is 8.04. The van der Waals surface area contributed by atoms with Crippen molar-refractivity contribution in [2.75, 3.05) is 13.2 Å². The van der Waals surface area contributed by atoms with Gasteiger partial charge in [-0.3, -0.25) is 0 Å². The lowest BCUT2D eigenvalue weighted by Crippen LogP contribution is -2.13. The van der Waals surface area contributed by atoms with Crippen LogP contribution in [0.15, 0.2) is 12.1 Å². The molecule has 96 valence electrons. The van der Waals surface area contributed by atoms with Crippen molar-refractivity contribution in [2.24, 2.45) is 0 Å². The maximum atomic E-state index is 12.1. The molecular weight excluding hydrogens is 224 g/mol. The van der Waals surface area contributed by atoms with Crippen LogP contribution in [-0.4, -0.2) is 19.6 Å². The Morgan fingerprint density at radius 1 is 1.24 bits per heavy atom. The van der Waals surface area contributed by atoms with E-state index < -0.39 is 13.0 Å². The van der Waals surface area contributed by atoms with Crippen LogP contribution >= 0.6 is 0 Å². The Balaban J connectivity index is 2.79. The van der Waals surface area contributed by atoms with E-state index in [0.29, 0.717) is 5.75 Å². The van der Waals surface area contributed by atoms with Crippen molar-refractivity contribution >= 4 is 0 Å². The average Bonchev–Trinajstić information content (AvgIpc) is 2.24. The minimum atomic E-state index is -2.43. The molecule has 0 spiro atoms. The average molecular weight is 243 g/mol. The fourth-order valence-electron chi connectivity index (χ4n) is 1.79. The normalized spacial score (nSPS) is 10.9. The number of hydrogen-bond donors (Lipinski definition) is 1. The molecule has 0 heterocycles. The van der Waals surface area contributed by atoms with Gasteiger partial charge in [0.2, 0.25) is 0 Å². The van der Waals surface area contributed by atoms with Crippen molar-refractivity contribution in [1.29, 1.82) is 0 Å². The minimum absolute atomic E-state index is 0.547. The molecule has 2 nitrogen and oxygen atoms in total. The van der Waals surface area contributed by atoms with E-state index in [2.05, 4.69) is 5.32 Å². The highest BCUT2D eigenvalue weighted by Gasteiger charge is 2.09. The molecule has 0 aliphatic carbocycles. The summed E-state index contributed by atoms with van der Waals surface area (Å²) in [6.07, 6.45) is -2.43. The van der Waals surface area contributed by atoms with Crippen molar-refractivity contribution in [3.63, 3.8) is 0 Å². The molecule has 0 atom stereocenters. The Labute approximate surface area is 101 Å². The number of nitrogens with one attached hydrogen (secondary N) is 1. The summed E-state index contributed by atoms with van der Waals surface area (Å²) in [5, 5.41) is 3.23. The molecule has 0 fully saturated rings. The topological polar surface area (TPSA) is 21.3 Å². The van der Waals surface area contributed by atoms with E-state index in [0.717, 1.165) is 29.8 Å². The van der Waals surface area contributed by atoms with Crippen LogP contribution in [0, 0.1) is 13.8 Å². The van der Waals surface area contributed by atoms with Crippen LogP contribution in [0.3, 0.4) is 0 Å². The third-order valence-electron chi connectivity index (χ3n) is 2.45. The van der Waals surface area contributed by atoms with E-state index in [1.807, 2.05) is 32.9 Å². The zero-order chi connectivity index (χ0) is 12.8. The van der Waals surface area contributed by atoms with Gasteiger partial charge < -0.3 is 10.1 Å². The minimum Gasteiger partial charge on any atom is -0.487 e. The van der Waals surface area contributed by atoms with E-state index in [4.69, 9.17) is 4.74 Å². The molecule has 1 N–H and O–H groups in total. The van der Waals surface area contributed by atoms with Crippen LogP contribution in [-0.2, 0) is 6.54 Å². The van der Waals surface area contributed by atoms with Gasteiger partial charge in [-0.1, -0.05) is 19.1 Å². The molecule has 0 saturated heterocycles. The second kappa shape index (κ2) is 6.55. The van der Waals surface area contributed by atoms with Crippen molar-refractivity contribution in [2.45, 2.75) is 33.7 Å². The molecule has 0 saturated carbocycles. The lowest BCUT2D eigenvalue weighted by Gasteiger charge is -2.14. The molecule has 0 aliphatic rings. The number of benzene rings is 1. The summed E-state index contributed by atoms with van der Waals surface area (Å²) in [7, 11) is 0. The molecule has 0 aliphatic heterocycles. The Bertz CT molecular complexity index is 343. The highest BCUT2D eigenvalue weighted by Crippen LogP contribution is 2.25. The summed E-state index contributed by atoms with van der Waals surface area (Å²) >= 11 is 0. The largest absolute Gasteiger partial charge is 0.487 e. The molecule has 1 rings (SSSR count). The van der Waals surface area contributed by atoms with Gasteiger partial charge in [0.05, 0.1) is 0 Å². The number of rotatable bonds is 6. The smallest absolute Gasteiger partial charge is 0.272 e. The monoisotopic (exact) mass is 243 g/mol. The van der Waals surface area contributed by atoms with E-state index in [-0.39, 0.29) is 0 Å². The standard InChI is InChI=1S/C13H19F2NO/c1-4-16-7-11-5-9(2)13(10(3)6-11)17-8-12(14)15/h5-6,12,16H,4,7-8H2,1-3H3. The van der Waals surface area contributed by atoms with Crippen molar-refractivity contribution in [3.8, 4) is 5.75 Å². The first-order valence-corrected chi connectivity index (χ1v) is 5.76. The highest BCUT2D eigenvalue weighted by atomic mass is 19.3. The van der Waals surface area contributed by atoms with E-state index >= 15 is 0 Å². The summed E-state index contributed by atoms with van der Waals surface area (Å²) in [5.41, 5.74) is 2.95. The Morgan fingerprint density at radius 3 is 2.29 bits per heavy atom. The molecule has 0 aromatic heterocycles. The van der Waals surface area contributed by atoms with Gasteiger partial charge in [0.25, 0.3) is 6.43 Å². The number of ether oxygens (including phenoxy) is 1. The van der Waals surface area contributed by atoms with Gasteiger partial charge in [0.1, 0.15) is 12.4 Å². The van der Waals surface area contributed by atoms with Crippen molar-refractivity contribution < 1.29 is 13.5 Å². The Hall–Kier alpha value is -1.16. The molecule has 4 heteroatoms. The van der Waals surface area contributed by atoms with Crippen molar-refractivity contribution in [3.05, 3.63) is 28.8 Å². The predicted octanol–water partition coefficient (Wildman–Crippen LogP) is 3.06. The van der Waals surface area contributed by atoms with Gasteiger partial charge >= 0.3 is 0 Å². The Kier molecular flexibility index (Phi) is 5.35. The van der Waals surface area contributed by atoms with E-state index in [1.54, 1.807) is 0 Å². The number of hydrogen-bond acceptors (Lipinski definition) is 2. The summed E-state index contributed by atoms with van der Waals surface area (Å²) in [4.78, 5) is 0. The lowest BCUT2D eigenvalue weighted by molar-refractivity contribution is 0.0812. The molecule has 0 bridgehead atoms. The van der Waals surface area contributed by atoms with Crippen LogP contribution < -0.4 is 10.1 Å². The molecule has 0 amide bonds. The van der Waals surface area contributed by atoms with Crippen molar-refractivity contribution in [1.82, 2.24) is 5.32 Å². The van der Waals surface area contributed by atoms with Crippen LogP contribution in [0.5, 0.6) is 5.75 Å².